The third-order valence-corrected chi connectivity index (χ3v) is 2.42. The van der Waals surface area contributed by atoms with Crippen molar-refractivity contribution in [3.8, 4) is 17.6 Å². The Labute approximate surface area is 120 Å². The number of phenols is 2. The van der Waals surface area contributed by atoms with Gasteiger partial charge in [0.15, 0.2) is 0 Å². The van der Waals surface area contributed by atoms with Crippen LogP contribution in [0, 0.1) is 11.3 Å². The summed E-state index contributed by atoms with van der Waals surface area (Å²) in [7, 11) is 0. The first-order chi connectivity index (χ1) is 10.2. The largest absolute Gasteiger partial charge is 0.506 e. The topological polar surface area (TPSA) is 113 Å². The van der Waals surface area contributed by atoms with Crippen molar-refractivity contribution in [2.24, 2.45) is 15.3 Å². The average Bonchev–Trinajstić information content (AvgIpc) is 2.50. The van der Waals surface area contributed by atoms with Gasteiger partial charge in [-0.05, 0) is 24.3 Å². The standard InChI is InChI=1S/C14H11N5O2/c15-9-14(18-16-10-5-1-3-7-12(10)20)19-17-11-6-2-4-8-13(11)21/h1-8,16,20-21H/b18-14+,19-17?. The molecule has 104 valence electrons. The molecular formula is C14H11N5O2. The summed E-state index contributed by atoms with van der Waals surface area (Å²) in [5.74, 6) is -0.301. The van der Waals surface area contributed by atoms with Crippen LogP contribution in [0.5, 0.6) is 11.5 Å². The van der Waals surface area contributed by atoms with Gasteiger partial charge in [0.05, 0.1) is 5.69 Å². The monoisotopic (exact) mass is 281 g/mol. The Balaban J connectivity index is 2.14. The van der Waals surface area contributed by atoms with Gasteiger partial charge in [0.1, 0.15) is 23.3 Å². The highest BCUT2D eigenvalue weighted by atomic mass is 16.3. The van der Waals surface area contributed by atoms with Gasteiger partial charge >= 0.3 is 0 Å². The van der Waals surface area contributed by atoms with Gasteiger partial charge in [-0.1, -0.05) is 24.3 Å². The molecular weight excluding hydrogens is 270 g/mol. The third-order valence-electron chi connectivity index (χ3n) is 2.42. The Morgan fingerprint density at radius 1 is 1.00 bits per heavy atom. The predicted octanol–water partition coefficient (Wildman–Crippen LogP) is 3.13. The first-order valence-electron chi connectivity index (χ1n) is 5.92. The number of nitriles is 1. The predicted molar refractivity (Wildman–Crippen MR) is 77.4 cm³/mol. The number of rotatable bonds is 3. The zero-order chi connectivity index (χ0) is 15.1. The normalized spacial score (nSPS) is 11.3. The molecule has 0 aromatic heterocycles. The number of amidine groups is 1. The quantitative estimate of drug-likeness (QED) is 0.263. The Morgan fingerprint density at radius 3 is 2.33 bits per heavy atom. The molecule has 21 heavy (non-hydrogen) atoms. The van der Waals surface area contributed by atoms with Gasteiger partial charge in [-0.15, -0.1) is 15.3 Å². The average molecular weight is 281 g/mol. The van der Waals surface area contributed by atoms with Crippen LogP contribution in [-0.2, 0) is 0 Å². The van der Waals surface area contributed by atoms with Crippen LogP contribution in [0.4, 0.5) is 11.4 Å². The van der Waals surface area contributed by atoms with Gasteiger partial charge in [0.25, 0.3) is 5.84 Å². The van der Waals surface area contributed by atoms with E-state index >= 15 is 0 Å². The van der Waals surface area contributed by atoms with Crippen LogP contribution in [0.3, 0.4) is 0 Å². The van der Waals surface area contributed by atoms with Gasteiger partial charge in [0, 0.05) is 0 Å². The molecule has 0 saturated carbocycles. The van der Waals surface area contributed by atoms with Crippen molar-refractivity contribution in [3.63, 3.8) is 0 Å². The fourth-order valence-corrected chi connectivity index (χ4v) is 1.40. The number of aromatic hydroxyl groups is 2. The van der Waals surface area contributed by atoms with Crippen molar-refractivity contribution in [2.75, 3.05) is 5.43 Å². The molecule has 2 aromatic rings. The Hall–Kier alpha value is -3.40. The summed E-state index contributed by atoms with van der Waals surface area (Å²) >= 11 is 0. The SMILES string of the molecule is N#C/C(N=Nc1ccccc1O)=N\Nc1ccccc1O. The van der Waals surface area contributed by atoms with Crippen LogP contribution < -0.4 is 5.43 Å². The third kappa shape index (κ3) is 3.78. The fraction of sp³-hybridized carbons (Fsp3) is 0. The molecule has 0 aliphatic carbocycles. The van der Waals surface area contributed by atoms with Gasteiger partial charge in [0.2, 0.25) is 0 Å². The highest BCUT2D eigenvalue weighted by Crippen LogP contribution is 2.25. The first-order valence-corrected chi connectivity index (χ1v) is 5.92. The lowest BCUT2D eigenvalue weighted by Crippen LogP contribution is -1.96. The molecule has 2 rings (SSSR count). The number of hydrazone groups is 1. The molecule has 7 heteroatoms. The molecule has 0 aliphatic heterocycles. The van der Waals surface area contributed by atoms with Crippen LogP contribution in [-0.4, -0.2) is 16.0 Å². The molecule has 0 heterocycles. The van der Waals surface area contributed by atoms with E-state index in [1.165, 1.54) is 12.1 Å². The van der Waals surface area contributed by atoms with Crippen LogP contribution in [0.15, 0.2) is 63.9 Å². The van der Waals surface area contributed by atoms with E-state index in [1.807, 2.05) is 0 Å². The number of benzene rings is 2. The van der Waals surface area contributed by atoms with Crippen molar-refractivity contribution in [1.29, 1.82) is 5.26 Å². The van der Waals surface area contributed by atoms with Gasteiger partial charge in [-0.2, -0.15) is 5.26 Å². The summed E-state index contributed by atoms with van der Waals surface area (Å²) in [6.07, 6.45) is 0. The maximum absolute atomic E-state index is 9.54. The molecule has 2 aromatic carbocycles. The highest BCUT2D eigenvalue weighted by Gasteiger charge is 2.01. The molecule has 0 fully saturated rings. The van der Waals surface area contributed by atoms with Crippen LogP contribution >= 0.6 is 0 Å². The zero-order valence-corrected chi connectivity index (χ0v) is 10.8. The number of nitrogens with one attached hydrogen (secondary N) is 1. The van der Waals surface area contributed by atoms with E-state index in [2.05, 4.69) is 20.8 Å². The molecule has 0 saturated heterocycles. The number of hydrogen-bond acceptors (Lipinski definition) is 6. The molecule has 0 spiro atoms. The number of phenolic OH excluding ortho intramolecular Hbond substituents is 2. The summed E-state index contributed by atoms with van der Waals surface area (Å²) in [6, 6.07) is 14.5. The van der Waals surface area contributed by atoms with E-state index in [0.29, 0.717) is 5.69 Å². The van der Waals surface area contributed by atoms with Crippen molar-refractivity contribution < 1.29 is 10.2 Å². The maximum Gasteiger partial charge on any atom is 0.270 e. The first kappa shape index (κ1) is 14.0. The van der Waals surface area contributed by atoms with E-state index in [1.54, 1.807) is 42.5 Å². The van der Waals surface area contributed by atoms with Crippen molar-refractivity contribution in [1.82, 2.24) is 0 Å². The zero-order valence-electron chi connectivity index (χ0n) is 10.8. The molecule has 0 radical (unpaired) electrons. The van der Waals surface area contributed by atoms with Crippen molar-refractivity contribution in [2.45, 2.75) is 0 Å². The van der Waals surface area contributed by atoms with Crippen LogP contribution in [0.2, 0.25) is 0 Å². The van der Waals surface area contributed by atoms with Gasteiger partial charge in [-0.25, -0.2) is 0 Å². The van der Waals surface area contributed by atoms with E-state index in [0.717, 1.165) is 0 Å². The fourth-order valence-electron chi connectivity index (χ4n) is 1.40. The molecule has 0 atom stereocenters. The minimum absolute atomic E-state index is 0.00353. The van der Waals surface area contributed by atoms with Gasteiger partial charge in [-0.3, -0.25) is 5.43 Å². The van der Waals surface area contributed by atoms with Crippen molar-refractivity contribution >= 4 is 17.2 Å². The lowest BCUT2D eigenvalue weighted by atomic mass is 10.3. The molecule has 3 N–H and O–H groups in total. The number of nitrogens with zero attached hydrogens (tertiary/aromatic N) is 4. The summed E-state index contributed by atoms with van der Waals surface area (Å²) in [5, 5.41) is 39.1. The van der Waals surface area contributed by atoms with Crippen molar-refractivity contribution in [3.05, 3.63) is 48.5 Å². The second kappa shape index (κ2) is 6.68. The van der Waals surface area contributed by atoms with Crippen LogP contribution in [0.25, 0.3) is 0 Å². The molecule has 0 aliphatic rings. The lowest BCUT2D eigenvalue weighted by Gasteiger charge is -2.01. The smallest absolute Gasteiger partial charge is 0.270 e. The second-order valence-corrected chi connectivity index (χ2v) is 3.86. The molecule has 0 bridgehead atoms. The molecule has 0 amide bonds. The Kier molecular flexibility index (Phi) is 4.46. The lowest BCUT2D eigenvalue weighted by molar-refractivity contribution is 0.476. The molecule has 0 unspecified atom stereocenters. The number of hydrogen-bond donors (Lipinski definition) is 3. The number of azo groups is 1. The van der Waals surface area contributed by atoms with Crippen LogP contribution in [0.1, 0.15) is 0 Å². The summed E-state index contributed by atoms with van der Waals surface area (Å²) in [6.45, 7) is 0. The second-order valence-electron chi connectivity index (χ2n) is 3.86. The van der Waals surface area contributed by atoms with Gasteiger partial charge < -0.3 is 10.2 Å². The van der Waals surface area contributed by atoms with E-state index < -0.39 is 0 Å². The minimum Gasteiger partial charge on any atom is -0.506 e. The maximum atomic E-state index is 9.54. The summed E-state index contributed by atoms with van der Waals surface area (Å²) in [5.41, 5.74) is 3.08. The summed E-state index contributed by atoms with van der Waals surface area (Å²) in [4.78, 5) is 0. The van der Waals surface area contributed by atoms with E-state index in [-0.39, 0.29) is 23.0 Å². The van der Waals surface area contributed by atoms with E-state index in [4.69, 9.17) is 5.26 Å². The summed E-state index contributed by atoms with van der Waals surface area (Å²) < 4.78 is 0. The minimum atomic E-state index is -0.249. The number of anilines is 1. The Morgan fingerprint density at radius 2 is 1.67 bits per heavy atom. The molecule has 7 nitrogen and oxygen atoms in total. The number of para-hydroxylation sites is 3. The van der Waals surface area contributed by atoms with E-state index in [9.17, 15) is 10.2 Å². The highest BCUT2D eigenvalue weighted by molar-refractivity contribution is 5.97. The Bertz CT molecular complexity index is 734.